The summed E-state index contributed by atoms with van der Waals surface area (Å²) >= 11 is 0. The fourth-order valence-electron chi connectivity index (χ4n) is 3.38. The molecule has 0 saturated heterocycles. The van der Waals surface area contributed by atoms with Crippen molar-refractivity contribution in [1.82, 2.24) is 20.2 Å². The third kappa shape index (κ3) is 4.32. The van der Waals surface area contributed by atoms with Crippen molar-refractivity contribution in [2.45, 2.75) is 44.2 Å². The highest BCUT2D eigenvalue weighted by molar-refractivity contribution is 5.75. The first-order valence-corrected chi connectivity index (χ1v) is 8.85. The third-order valence-electron chi connectivity index (χ3n) is 4.76. The van der Waals surface area contributed by atoms with Crippen LogP contribution in [0.3, 0.4) is 0 Å². The highest BCUT2D eigenvalue weighted by Gasteiger charge is 2.23. The SMILES string of the molecule is COc1cccc(C(NC(=O)NC2CCCCC2)c2nccn2C)c1. The van der Waals surface area contributed by atoms with E-state index in [2.05, 4.69) is 15.6 Å². The Kier molecular flexibility index (Phi) is 5.58. The summed E-state index contributed by atoms with van der Waals surface area (Å²) in [6.07, 6.45) is 9.36. The monoisotopic (exact) mass is 342 g/mol. The summed E-state index contributed by atoms with van der Waals surface area (Å²) in [5.41, 5.74) is 0.937. The molecule has 3 rings (SSSR count). The Bertz CT molecular complexity index is 707. The van der Waals surface area contributed by atoms with Gasteiger partial charge in [0.05, 0.1) is 7.11 Å². The summed E-state index contributed by atoms with van der Waals surface area (Å²) in [7, 11) is 3.56. The van der Waals surface area contributed by atoms with Crippen molar-refractivity contribution in [2.24, 2.45) is 7.05 Å². The highest BCUT2D eigenvalue weighted by atomic mass is 16.5. The van der Waals surface area contributed by atoms with Gasteiger partial charge in [-0.3, -0.25) is 0 Å². The predicted molar refractivity (Wildman–Crippen MR) is 96.6 cm³/mol. The maximum absolute atomic E-state index is 12.6. The summed E-state index contributed by atoms with van der Waals surface area (Å²) in [5, 5.41) is 6.20. The Balaban J connectivity index is 1.79. The number of ether oxygens (including phenoxy) is 1. The van der Waals surface area contributed by atoms with Crippen LogP contribution >= 0.6 is 0 Å². The molecule has 1 aliphatic rings. The maximum atomic E-state index is 12.6. The van der Waals surface area contributed by atoms with Crippen molar-refractivity contribution in [3.8, 4) is 5.75 Å². The van der Waals surface area contributed by atoms with Gasteiger partial charge in [0.1, 0.15) is 17.6 Å². The van der Waals surface area contributed by atoms with Gasteiger partial charge >= 0.3 is 6.03 Å². The number of hydrogen-bond donors (Lipinski definition) is 2. The normalized spacial score (nSPS) is 16.2. The van der Waals surface area contributed by atoms with E-state index >= 15 is 0 Å². The van der Waals surface area contributed by atoms with Crippen LogP contribution in [0.25, 0.3) is 0 Å². The molecule has 1 atom stereocenters. The standard InChI is InChI=1S/C19H26N4O2/c1-23-12-11-20-18(23)17(14-7-6-10-16(13-14)25-2)22-19(24)21-15-8-4-3-5-9-15/h6-7,10-13,15,17H,3-5,8-9H2,1-2H3,(H2,21,22,24). The molecule has 1 saturated carbocycles. The number of nitrogens with zero attached hydrogens (tertiary/aromatic N) is 2. The van der Waals surface area contributed by atoms with Gasteiger partial charge in [-0.1, -0.05) is 31.4 Å². The lowest BCUT2D eigenvalue weighted by Crippen LogP contribution is -2.44. The molecule has 2 aromatic rings. The number of aryl methyl sites for hydroxylation is 1. The van der Waals surface area contributed by atoms with E-state index in [0.717, 1.165) is 30.0 Å². The first-order valence-electron chi connectivity index (χ1n) is 8.85. The van der Waals surface area contributed by atoms with E-state index in [1.54, 1.807) is 13.3 Å². The van der Waals surface area contributed by atoms with E-state index < -0.39 is 0 Å². The number of aromatic nitrogens is 2. The molecule has 25 heavy (non-hydrogen) atoms. The zero-order valence-electron chi connectivity index (χ0n) is 14.9. The first-order chi connectivity index (χ1) is 12.2. The predicted octanol–water partition coefficient (Wildman–Crippen LogP) is 3.15. The Morgan fingerprint density at radius 3 is 2.80 bits per heavy atom. The lowest BCUT2D eigenvalue weighted by molar-refractivity contribution is 0.230. The van der Waals surface area contributed by atoms with Gasteiger partial charge < -0.3 is 19.9 Å². The molecule has 2 N–H and O–H groups in total. The van der Waals surface area contributed by atoms with Crippen LogP contribution in [0.5, 0.6) is 5.75 Å². The third-order valence-corrected chi connectivity index (χ3v) is 4.76. The van der Waals surface area contributed by atoms with Gasteiger partial charge in [-0.25, -0.2) is 9.78 Å². The quantitative estimate of drug-likeness (QED) is 0.877. The molecule has 1 aromatic carbocycles. The number of carbonyl (C=O) groups is 1. The number of amides is 2. The minimum Gasteiger partial charge on any atom is -0.497 e. The Hall–Kier alpha value is -2.50. The second kappa shape index (κ2) is 8.05. The summed E-state index contributed by atoms with van der Waals surface area (Å²) < 4.78 is 7.25. The number of imidazole rings is 1. The molecule has 1 unspecified atom stereocenters. The molecule has 0 bridgehead atoms. The molecule has 0 radical (unpaired) electrons. The molecule has 1 heterocycles. The van der Waals surface area contributed by atoms with Crippen LogP contribution in [0.15, 0.2) is 36.7 Å². The van der Waals surface area contributed by atoms with E-state index in [1.807, 2.05) is 42.1 Å². The number of nitrogens with one attached hydrogen (secondary N) is 2. The van der Waals surface area contributed by atoms with Crippen LogP contribution in [0.1, 0.15) is 49.5 Å². The number of benzene rings is 1. The average Bonchev–Trinajstić information content (AvgIpc) is 3.06. The Morgan fingerprint density at radius 2 is 2.12 bits per heavy atom. The van der Waals surface area contributed by atoms with Crippen LogP contribution in [-0.2, 0) is 7.05 Å². The summed E-state index contributed by atoms with van der Waals surface area (Å²) in [4.78, 5) is 17.0. The Morgan fingerprint density at radius 1 is 1.32 bits per heavy atom. The fraction of sp³-hybridized carbons (Fsp3) is 0.474. The number of hydrogen-bond acceptors (Lipinski definition) is 3. The van der Waals surface area contributed by atoms with Crippen LogP contribution in [0.4, 0.5) is 4.79 Å². The minimum absolute atomic E-state index is 0.150. The average molecular weight is 342 g/mol. The highest BCUT2D eigenvalue weighted by Crippen LogP contribution is 2.24. The smallest absolute Gasteiger partial charge is 0.315 e. The van der Waals surface area contributed by atoms with Gasteiger partial charge in [0, 0.05) is 25.5 Å². The van der Waals surface area contributed by atoms with Gasteiger partial charge in [-0.2, -0.15) is 0 Å². The lowest BCUT2D eigenvalue weighted by atomic mass is 9.96. The zero-order valence-corrected chi connectivity index (χ0v) is 14.9. The van der Waals surface area contributed by atoms with E-state index in [9.17, 15) is 4.79 Å². The molecule has 0 spiro atoms. The number of urea groups is 1. The zero-order chi connectivity index (χ0) is 17.6. The second-order valence-corrected chi connectivity index (χ2v) is 6.56. The Labute approximate surface area is 148 Å². The van der Waals surface area contributed by atoms with Gasteiger partial charge in [0.15, 0.2) is 0 Å². The second-order valence-electron chi connectivity index (χ2n) is 6.56. The van der Waals surface area contributed by atoms with Crippen molar-refractivity contribution < 1.29 is 9.53 Å². The first kappa shape index (κ1) is 17.3. The maximum Gasteiger partial charge on any atom is 0.315 e. The van der Waals surface area contributed by atoms with Crippen LogP contribution in [-0.4, -0.2) is 28.7 Å². The van der Waals surface area contributed by atoms with Crippen molar-refractivity contribution in [2.75, 3.05) is 7.11 Å². The van der Waals surface area contributed by atoms with Crippen LogP contribution in [0, 0.1) is 0 Å². The van der Waals surface area contributed by atoms with Crippen molar-refractivity contribution in [1.29, 1.82) is 0 Å². The van der Waals surface area contributed by atoms with Gasteiger partial charge in [-0.05, 0) is 30.5 Å². The molecule has 2 amide bonds. The van der Waals surface area contributed by atoms with Crippen molar-refractivity contribution in [3.63, 3.8) is 0 Å². The number of methoxy groups -OCH3 is 1. The number of carbonyl (C=O) groups excluding carboxylic acids is 1. The molecule has 0 aliphatic heterocycles. The molecule has 1 aromatic heterocycles. The van der Waals surface area contributed by atoms with E-state index in [-0.39, 0.29) is 18.1 Å². The van der Waals surface area contributed by atoms with E-state index in [4.69, 9.17) is 4.74 Å². The number of rotatable bonds is 5. The van der Waals surface area contributed by atoms with Crippen LogP contribution in [0.2, 0.25) is 0 Å². The molecule has 134 valence electrons. The summed E-state index contributed by atoms with van der Waals surface area (Å²) in [6, 6.07) is 7.50. The topological polar surface area (TPSA) is 68.2 Å². The molecule has 1 fully saturated rings. The molecule has 6 nitrogen and oxygen atoms in total. The minimum atomic E-state index is -0.335. The van der Waals surface area contributed by atoms with Crippen molar-refractivity contribution >= 4 is 6.03 Å². The summed E-state index contributed by atoms with van der Waals surface area (Å²) in [5.74, 6) is 1.54. The van der Waals surface area contributed by atoms with Gasteiger partial charge in [0.25, 0.3) is 0 Å². The van der Waals surface area contributed by atoms with Gasteiger partial charge in [-0.15, -0.1) is 0 Å². The van der Waals surface area contributed by atoms with E-state index in [1.165, 1.54) is 19.3 Å². The van der Waals surface area contributed by atoms with Crippen molar-refractivity contribution in [3.05, 3.63) is 48.0 Å². The molecular formula is C19H26N4O2. The fourth-order valence-corrected chi connectivity index (χ4v) is 3.38. The summed E-state index contributed by atoms with van der Waals surface area (Å²) in [6.45, 7) is 0. The van der Waals surface area contributed by atoms with E-state index in [0.29, 0.717) is 0 Å². The lowest BCUT2D eigenvalue weighted by Gasteiger charge is -2.25. The van der Waals surface area contributed by atoms with Crippen LogP contribution < -0.4 is 15.4 Å². The molecule has 6 heteroatoms. The largest absolute Gasteiger partial charge is 0.497 e. The molecule has 1 aliphatic carbocycles. The van der Waals surface area contributed by atoms with Gasteiger partial charge in [0.2, 0.25) is 0 Å². The molecular weight excluding hydrogens is 316 g/mol.